The van der Waals surface area contributed by atoms with Gasteiger partial charge in [0.15, 0.2) is 17.9 Å². The number of carbonyl (C=O) groups excluding carboxylic acids is 2. The van der Waals surface area contributed by atoms with Gasteiger partial charge in [0.1, 0.15) is 5.60 Å². The standard InChI is InChI=1S/C17H23FN2O4/c1-17(2,3)24-16(22)20-7-5-19(6-8-20)14-10-15(23-4)13(18)9-12(14)11-21/h9-11H,5-8H2,1-4H3. The Labute approximate surface area is 141 Å². The van der Waals surface area contributed by atoms with Gasteiger partial charge in [-0.3, -0.25) is 4.79 Å². The smallest absolute Gasteiger partial charge is 0.410 e. The van der Waals surface area contributed by atoms with Crippen molar-refractivity contribution in [2.75, 3.05) is 38.2 Å². The fourth-order valence-corrected chi connectivity index (χ4v) is 2.54. The number of hydrogen-bond donors (Lipinski definition) is 0. The van der Waals surface area contributed by atoms with Crippen LogP contribution in [-0.4, -0.2) is 56.2 Å². The summed E-state index contributed by atoms with van der Waals surface area (Å²) in [5, 5.41) is 0. The van der Waals surface area contributed by atoms with Crippen molar-refractivity contribution in [2.45, 2.75) is 26.4 Å². The number of nitrogens with zero attached hydrogens (tertiary/aromatic N) is 2. The second-order valence-electron chi connectivity index (χ2n) is 6.62. The predicted molar refractivity (Wildman–Crippen MR) is 88.4 cm³/mol. The zero-order chi connectivity index (χ0) is 17.9. The number of halogens is 1. The van der Waals surface area contributed by atoms with Crippen LogP contribution in [0.1, 0.15) is 31.1 Å². The van der Waals surface area contributed by atoms with Gasteiger partial charge < -0.3 is 19.3 Å². The Balaban J connectivity index is 2.09. The highest BCUT2D eigenvalue weighted by molar-refractivity contribution is 5.85. The van der Waals surface area contributed by atoms with Crippen LogP contribution >= 0.6 is 0 Å². The maximum Gasteiger partial charge on any atom is 0.410 e. The first kappa shape index (κ1) is 18.0. The Hall–Kier alpha value is -2.31. The fourth-order valence-electron chi connectivity index (χ4n) is 2.54. The minimum Gasteiger partial charge on any atom is -0.494 e. The number of amides is 1. The van der Waals surface area contributed by atoms with Crippen molar-refractivity contribution >= 4 is 18.1 Å². The summed E-state index contributed by atoms with van der Waals surface area (Å²) in [5.74, 6) is -0.485. The van der Waals surface area contributed by atoms with Crippen LogP contribution in [-0.2, 0) is 4.74 Å². The number of ether oxygens (including phenoxy) is 2. The third-order valence-corrected chi connectivity index (χ3v) is 3.70. The molecule has 0 aromatic heterocycles. The number of aldehydes is 1. The number of carbonyl (C=O) groups is 2. The van der Waals surface area contributed by atoms with Crippen LogP contribution in [0, 0.1) is 5.82 Å². The molecule has 1 aromatic rings. The van der Waals surface area contributed by atoms with Crippen LogP contribution in [0.4, 0.5) is 14.9 Å². The third-order valence-electron chi connectivity index (χ3n) is 3.70. The van der Waals surface area contributed by atoms with E-state index in [4.69, 9.17) is 9.47 Å². The summed E-state index contributed by atoms with van der Waals surface area (Å²) in [6, 6.07) is 2.68. The minimum atomic E-state index is -0.573. The van der Waals surface area contributed by atoms with E-state index in [1.54, 1.807) is 4.90 Å². The highest BCUT2D eigenvalue weighted by Crippen LogP contribution is 2.29. The van der Waals surface area contributed by atoms with Crippen LogP contribution in [0.3, 0.4) is 0 Å². The van der Waals surface area contributed by atoms with Crippen LogP contribution in [0.5, 0.6) is 5.75 Å². The largest absolute Gasteiger partial charge is 0.494 e. The van der Waals surface area contributed by atoms with Gasteiger partial charge in [0.2, 0.25) is 0 Å². The summed E-state index contributed by atoms with van der Waals surface area (Å²) in [5.41, 5.74) is 0.328. The summed E-state index contributed by atoms with van der Waals surface area (Å²) < 4.78 is 24.1. The summed E-state index contributed by atoms with van der Waals surface area (Å²) in [7, 11) is 1.38. The molecule has 0 radical (unpaired) electrons. The molecule has 1 aliphatic heterocycles. The lowest BCUT2D eigenvalue weighted by molar-refractivity contribution is 0.0240. The average molecular weight is 338 g/mol. The number of methoxy groups -OCH3 is 1. The molecule has 1 heterocycles. The molecule has 1 saturated heterocycles. The zero-order valence-corrected chi connectivity index (χ0v) is 14.5. The molecule has 2 rings (SSSR count). The lowest BCUT2D eigenvalue weighted by atomic mass is 10.1. The Morgan fingerprint density at radius 1 is 1.21 bits per heavy atom. The number of rotatable bonds is 3. The van der Waals surface area contributed by atoms with Gasteiger partial charge in [0, 0.05) is 37.8 Å². The second-order valence-corrected chi connectivity index (χ2v) is 6.62. The van der Waals surface area contributed by atoms with Crippen LogP contribution in [0.2, 0.25) is 0 Å². The fraction of sp³-hybridized carbons (Fsp3) is 0.529. The lowest BCUT2D eigenvalue weighted by Gasteiger charge is -2.37. The van der Waals surface area contributed by atoms with Crippen molar-refractivity contribution in [2.24, 2.45) is 0 Å². The van der Waals surface area contributed by atoms with Crippen molar-refractivity contribution in [1.29, 1.82) is 0 Å². The Morgan fingerprint density at radius 3 is 2.33 bits per heavy atom. The molecule has 24 heavy (non-hydrogen) atoms. The highest BCUT2D eigenvalue weighted by atomic mass is 19.1. The van der Waals surface area contributed by atoms with Crippen molar-refractivity contribution in [3.8, 4) is 5.75 Å². The van der Waals surface area contributed by atoms with E-state index in [1.807, 2.05) is 25.7 Å². The number of benzene rings is 1. The molecule has 0 atom stereocenters. The van der Waals surface area contributed by atoms with Crippen LogP contribution in [0.15, 0.2) is 12.1 Å². The monoisotopic (exact) mass is 338 g/mol. The van der Waals surface area contributed by atoms with Gasteiger partial charge in [-0.05, 0) is 26.8 Å². The molecule has 7 heteroatoms. The molecule has 0 unspecified atom stereocenters. The normalized spacial score (nSPS) is 15.2. The van der Waals surface area contributed by atoms with Crippen molar-refractivity contribution in [3.63, 3.8) is 0 Å². The van der Waals surface area contributed by atoms with Crippen LogP contribution in [0.25, 0.3) is 0 Å². The van der Waals surface area contributed by atoms with Gasteiger partial charge in [-0.2, -0.15) is 0 Å². The van der Waals surface area contributed by atoms with E-state index in [9.17, 15) is 14.0 Å². The summed E-state index contributed by atoms with van der Waals surface area (Å²) in [6.07, 6.45) is 0.271. The molecule has 0 saturated carbocycles. The SMILES string of the molecule is COc1cc(N2CCN(C(=O)OC(C)(C)C)CC2)c(C=O)cc1F. The second kappa shape index (κ2) is 7.07. The maximum atomic E-state index is 13.7. The molecule has 132 valence electrons. The van der Waals surface area contributed by atoms with Gasteiger partial charge in [0.25, 0.3) is 0 Å². The molecule has 6 nitrogen and oxygen atoms in total. The number of hydrogen-bond acceptors (Lipinski definition) is 5. The number of piperazine rings is 1. The van der Waals surface area contributed by atoms with Crippen molar-refractivity contribution in [3.05, 3.63) is 23.5 Å². The van der Waals surface area contributed by atoms with E-state index in [2.05, 4.69) is 0 Å². The van der Waals surface area contributed by atoms with E-state index < -0.39 is 11.4 Å². The molecular formula is C17H23FN2O4. The molecule has 0 N–H and O–H groups in total. The predicted octanol–water partition coefficient (Wildman–Crippen LogP) is 2.70. The third kappa shape index (κ3) is 4.15. The van der Waals surface area contributed by atoms with Crippen LogP contribution < -0.4 is 9.64 Å². The Morgan fingerprint density at radius 2 is 1.83 bits per heavy atom. The van der Waals surface area contributed by atoms with E-state index in [0.717, 1.165) is 0 Å². The molecule has 1 amide bonds. The van der Waals surface area contributed by atoms with Gasteiger partial charge in [-0.1, -0.05) is 0 Å². The quantitative estimate of drug-likeness (QED) is 0.793. The van der Waals surface area contributed by atoms with E-state index in [0.29, 0.717) is 38.2 Å². The molecule has 1 fully saturated rings. The maximum absolute atomic E-state index is 13.7. The topological polar surface area (TPSA) is 59.1 Å². The zero-order valence-electron chi connectivity index (χ0n) is 14.5. The summed E-state index contributed by atoms with van der Waals surface area (Å²) in [6.45, 7) is 7.44. The van der Waals surface area contributed by atoms with Crippen molar-refractivity contribution in [1.82, 2.24) is 4.90 Å². The van der Waals surface area contributed by atoms with E-state index in [1.165, 1.54) is 19.2 Å². The molecule has 1 aliphatic rings. The van der Waals surface area contributed by atoms with Crippen molar-refractivity contribution < 1.29 is 23.5 Å². The lowest BCUT2D eigenvalue weighted by Crippen LogP contribution is -2.50. The first-order valence-electron chi connectivity index (χ1n) is 7.80. The molecule has 0 spiro atoms. The van der Waals surface area contributed by atoms with Gasteiger partial charge in [-0.25, -0.2) is 9.18 Å². The summed E-state index contributed by atoms with van der Waals surface area (Å²) >= 11 is 0. The number of anilines is 1. The average Bonchev–Trinajstić information content (AvgIpc) is 2.53. The highest BCUT2D eigenvalue weighted by Gasteiger charge is 2.27. The van der Waals surface area contributed by atoms with Gasteiger partial charge in [-0.15, -0.1) is 0 Å². The first-order valence-corrected chi connectivity index (χ1v) is 7.80. The van der Waals surface area contributed by atoms with Gasteiger partial charge in [0.05, 0.1) is 12.8 Å². The van der Waals surface area contributed by atoms with E-state index >= 15 is 0 Å². The Bertz CT molecular complexity index is 620. The first-order chi connectivity index (χ1) is 11.2. The Kier molecular flexibility index (Phi) is 5.31. The molecule has 1 aromatic carbocycles. The minimum absolute atomic E-state index is 0.0881. The summed E-state index contributed by atoms with van der Waals surface area (Å²) in [4.78, 5) is 26.9. The van der Waals surface area contributed by atoms with Gasteiger partial charge >= 0.3 is 6.09 Å². The molecule has 0 bridgehead atoms. The van der Waals surface area contributed by atoms with E-state index in [-0.39, 0.29) is 17.4 Å². The molecular weight excluding hydrogens is 315 g/mol. The molecule has 0 aliphatic carbocycles.